The molecule has 134 valence electrons. The lowest BCUT2D eigenvalue weighted by Crippen LogP contribution is -2.14. The third-order valence-corrected chi connectivity index (χ3v) is 2.75. The zero-order valence-corrected chi connectivity index (χ0v) is 14.6. The summed E-state index contributed by atoms with van der Waals surface area (Å²) in [5.41, 5.74) is 5.27. The van der Waals surface area contributed by atoms with Gasteiger partial charge in [0.15, 0.2) is 10.8 Å². The molecule has 1 heterocycles. The quantitative estimate of drug-likeness (QED) is 0.548. The molecule has 1 aromatic heterocycles. The summed E-state index contributed by atoms with van der Waals surface area (Å²) in [5, 5.41) is 0.221. The van der Waals surface area contributed by atoms with E-state index < -0.39 is 0 Å². The zero-order chi connectivity index (χ0) is 17.2. The average Bonchev–Trinajstić information content (AvgIpc) is 2.61. The van der Waals surface area contributed by atoms with Gasteiger partial charge in [-0.2, -0.15) is 3.89 Å². The van der Waals surface area contributed by atoms with E-state index in [0.29, 0.717) is 58.5 Å². The molecule has 0 aliphatic heterocycles. The van der Waals surface area contributed by atoms with Gasteiger partial charge in [-0.1, -0.05) is 13.8 Å². The first-order valence-electron chi connectivity index (χ1n) is 7.68. The molecule has 0 bridgehead atoms. The van der Waals surface area contributed by atoms with Crippen molar-refractivity contribution in [1.29, 1.82) is 0 Å². The average molecular weight is 350 g/mol. The van der Waals surface area contributed by atoms with Crippen LogP contribution < -0.4 is 10.5 Å². The molecule has 0 aliphatic carbocycles. The molecular formula is C15H27FN2O4S. The van der Waals surface area contributed by atoms with E-state index in [1.807, 2.05) is 13.8 Å². The molecule has 0 unspecified atom stereocenters. The van der Waals surface area contributed by atoms with Crippen molar-refractivity contribution in [3.63, 3.8) is 0 Å². The van der Waals surface area contributed by atoms with Gasteiger partial charge in [-0.15, -0.1) is 0 Å². The number of pyridine rings is 1. The van der Waals surface area contributed by atoms with Gasteiger partial charge < -0.3 is 24.7 Å². The minimum Gasteiger partial charge on any atom is -0.488 e. The first-order valence-corrected chi connectivity index (χ1v) is 8.40. The van der Waals surface area contributed by atoms with Crippen molar-refractivity contribution >= 4 is 12.1 Å². The van der Waals surface area contributed by atoms with Crippen LogP contribution in [-0.2, 0) is 14.2 Å². The fourth-order valence-electron chi connectivity index (χ4n) is 1.38. The van der Waals surface area contributed by atoms with Crippen LogP contribution in [0.5, 0.6) is 5.75 Å². The first kappa shape index (κ1) is 22.1. The van der Waals surface area contributed by atoms with Crippen LogP contribution in [0.25, 0.3) is 0 Å². The van der Waals surface area contributed by atoms with E-state index in [2.05, 4.69) is 4.98 Å². The molecule has 0 aliphatic rings. The van der Waals surface area contributed by atoms with Crippen molar-refractivity contribution in [3.8, 4) is 5.75 Å². The Balaban J connectivity index is 0.00000232. The Kier molecular flexibility index (Phi) is 16.7. The number of rotatable bonds is 13. The van der Waals surface area contributed by atoms with Crippen LogP contribution in [0.4, 0.5) is 3.89 Å². The van der Waals surface area contributed by atoms with Gasteiger partial charge in [0.2, 0.25) is 0 Å². The number of halogens is 1. The normalized spacial score (nSPS) is 10.1. The molecule has 0 fully saturated rings. The number of hydrogen-bond acceptors (Lipinski definition) is 7. The van der Waals surface area contributed by atoms with Crippen molar-refractivity contribution in [3.05, 3.63) is 18.3 Å². The van der Waals surface area contributed by atoms with Crippen LogP contribution in [0.1, 0.15) is 13.8 Å². The summed E-state index contributed by atoms with van der Waals surface area (Å²) in [7, 11) is 0. The Labute approximate surface area is 142 Å². The Morgan fingerprint density at radius 1 is 1.00 bits per heavy atom. The molecule has 1 rings (SSSR count). The lowest BCUT2D eigenvalue weighted by atomic mass is 10.5. The lowest BCUT2D eigenvalue weighted by Gasteiger charge is -2.09. The molecule has 0 spiro atoms. The van der Waals surface area contributed by atoms with E-state index >= 15 is 0 Å². The minimum absolute atomic E-state index is 0.0617. The van der Waals surface area contributed by atoms with Crippen molar-refractivity contribution < 1.29 is 22.8 Å². The van der Waals surface area contributed by atoms with E-state index in [1.54, 1.807) is 12.1 Å². The molecule has 0 saturated carbocycles. The highest BCUT2D eigenvalue weighted by molar-refractivity contribution is 7.94. The van der Waals surface area contributed by atoms with Gasteiger partial charge in [0.05, 0.1) is 39.6 Å². The summed E-state index contributed by atoms with van der Waals surface area (Å²) in [6, 6.07) is 3.36. The van der Waals surface area contributed by atoms with Crippen molar-refractivity contribution in [2.24, 2.45) is 5.73 Å². The van der Waals surface area contributed by atoms with Crippen LogP contribution in [0, 0.1) is 0 Å². The topological polar surface area (TPSA) is 75.8 Å². The minimum atomic E-state index is 0.0617. The number of aromatic nitrogens is 1. The first-order chi connectivity index (χ1) is 11.4. The summed E-state index contributed by atoms with van der Waals surface area (Å²) in [4.78, 5) is 3.85. The molecule has 6 nitrogen and oxygen atoms in total. The summed E-state index contributed by atoms with van der Waals surface area (Å²) in [6.07, 6.45) is 1.51. The van der Waals surface area contributed by atoms with Gasteiger partial charge in [0, 0.05) is 12.7 Å². The van der Waals surface area contributed by atoms with Crippen molar-refractivity contribution in [2.45, 2.75) is 18.9 Å². The van der Waals surface area contributed by atoms with Crippen LogP contribution >= 0.6 is 12.1 Å². The van der Waals surface area contributed by atoms with Crippen LogP contribution in [0.3, 0.4) is 0 Å². The maximum Gasteiger partial charge on any atom is 0.171 e. The van der Waals surface area contributed by atoms with Crippen LogP contribution in [-0.4, -0.2) is 57.8 Å². The molecule has 0 saturated heterocycles. The lowest BCUT2D eigenvalue weighted by molar-refractivity contribution is 0.0104. The van der Waals surface area contributed by atoms with Crippen LogP contribution in [0.2, 0.25) is 0 Å². The fourth-order valence-corrected chi connectivity index (χ4v) is 1.68. The van der Waals surface area contributed by atoms with Gasteiger partial charge >= 0.3 is 0 Å². The Morgan fingerprint density at radius 2 is 1.57 bits per heavy atom. The van der Waals surface area contributed by atoms with E-state index in [0.717, 1.165) is 0 Å². The third-order valence-electron chi connectivity index (χ3n) is 2.30. The van der Waals surface area contributed by atoms with E-state index in [9.17, 15) is 3.89 Å². The van der Waals surface area contributed by atoms with E-state index in [-0.39, 0.29) is 17.2 Å². The maximum absolute atomic E-state index is 12.5. The Hall–Kier alpha value is -0.930. The second-order valence-corrected chi connectivity index (χ2v) is 4.40. The van der Waals surface area contributed by atoms with Gasteiger partial charge in [-0.25, -0.2) is 4.98 Å². The number of ether oxygens (including phenoxy) is 4. The Morgan fingerprint density at radius 3 is 2.13 bits per heavy atom. The molecule has 0 radical (unpaired) electrons. The molecule has 23 heavy (non-hydrogen) atoms. The highest BCUT2D eigenvalue weighted by Gasteiger charge is 2.04. The third kappa shape index (κ3) is 12.2. The number of nitrogens with two attached hydrogens (primary N) is 1. The molecule has 8 heteroatoms. The molecule has 2 N–H and O–H groups in total. The summed E-state index contributed by atoms with van der Waals surface area (Å²) in [5.74, 6) is 0.418. The number of hydrogen-bond donors (Lipinski definition) is 1. The number of nitrogens with zero attached hydrogens (tertiary/aromatic N) is 1. The molecule has 0 amide bonds. The second-order valence-electron chi connectivity index (χ2n) is 3.86. The predicted octanol–water partition coefficient (Wildman–Crippen LogP) is 2.47. The van der Waals surface area contributed by atoms with Crippen molar-refractivity contribution in [1.82, 2.24) is 4.98 Å². The zero-order valence-electron chi connectivity index (χ0n) is 13.8. The molecule has 0 atom stereocenters. The standard InChI is InChI=1S/C13H21FN2O4S.C2H6/c14-21-13-12(2-1-4-16-13)20-11-10-19-9-8-18-7-6-17-5-3-15;1-2/h1-2,4H,3,5-11,15H2;1-2H3. The van der Waals surface area contributed by atoms with E-state index in [1.165, 1.54) is 6.20 Å². The molecule has 0 aromatic carbocycles. The largest absolute Gasteiger partial charge is 0.488 e. The van der Waals surface area contributed by atoms with Gasteiger partial charge in [0.1, 0.15) is 18.8 Å². The fraction of sp³-hybridized carbons (Fsp3) is 0.667. The maximum atomic E-state index is 12.5. The molecule has 1 aromatic rings. The van der Waals surface area contributed by atoms with E-state index in [4.69, 9.17) is 24.7 Å². The van der Waals surface area contributed by atoms with Crippen molar-refractivity contribution in [2.75, 3.05) is 52.8 Å². The van der Waals surface area contributed by atoms with Gasteiger partial charge in [-0.3, -0.25) is 0 Å². The summed E-state index contributed by atoms with van der Waals surface area (Å²) in [6.45, 7) is 7.81. The summed E-state index contributed by atoms with van der Waals surface area (Å²) < 4.78 is 33.7. The van der Waals surface area contributed by atoms with Gasteiger partial charge in [-0.05, 0) is 12.1 Å². The Bertz CT molecular complexity index is 375. The summed E-state index contributed by atoms with van der Waals surface area (Å²) >= 11 is 0.0617. The van der Waals surface area contributed by atoms with Crippen LogP contribution in [0.15, 0.2) is 23.4 Å². The highest BCUT2D eigenvalue weighted by Crippen LogP contribution is 2.26. The highest BCUT2D eigenvalue weighted by atomic mass is 32.2. The smallest absolute Gasteiger partial charge is 0.171 e. The predicted molar refractivity (Wildman–Crippen MR) is 89.6 cm³/mol. The second kappa shape index (κ2) is 17.4. The SMILES string of the molecule is CC.NCCOCCOCCOCCOc1cccnc1SF. The van der Waals surface area contributed by atoms with Gasteiger partial charge in [0.25, 0.3) is 0 Å². The molecular weight excluding hydrogens is 323 g/mol. The monoisotopic (exact) mass is 350 g/mol.